The second-order valence-corrected chi connectivity index (χ2v) is 6.29. The van der Waals surface area contributed by atoms with Crippen LogP contribution >= 0.6 is 11.8 Å². The summed E-state index contributed by atoms with van der Waals surface area (Å²) in [6, 6.07) is 14.7. The number of ether oxygens (including phenoxy) is 1. The highest BCUT2D eigenvalue weighted by molar-refractivity contribution is 7.99. The van der Waals surface area contributed by atoms with Gasteiger partial charge in [-0.2, -0.15) is 0 Å². The van der Waals surface area contributed by atoms with E-state index in [4.69, 9.17) is 4.74 Å². The van der Waals surface area contributed by atoms with E-state index >= 15 is 0 Å². The Balaban J connectivity index is 1.67. The average Bonchev–Trinajstić information content (AvgIpc) is 2.53. The second kappa shape index (κ2) is 6.32. The predicted octanol–water partition coefficient (Wildman–Crippen LogP) is 2.90. The maximum Gasteiger partial charge on any atom is 0.264 e. The fourth-order valence-corrected chi connectivity index (χ4v) is 3.37. The number of aromatic hydroxyl groups is 1. The number of phenols is 1. The Bertz CT molecular complexity index is 689. The van der Waals surface area contributed by atoms with Gasteiger partial charge < -0.3 is 14.7 Å². The number of thioether (sulfide) groups is 1. The largest absolute Gasteiger partial charge is 0.508 e. The molecule has 0 aliphatic carbocycles. The Morgan fingerprint density at radius 1 is 1.32 bits per heavy atom. The van der Waals surface area contributed by atoms with Gasteiger partial charge in [0.2, 0.25) is 0 Å². The standard InChI is InChI=1S/C17H17NO3S/c1-18(10-12-5-4-6-13(19)9-12)17(20)15-11-22-16-8-3-2-7-14(16)21-15/h2-9,15,19H,10-11H2,1H3/t15-/m1/s1. The summed E-state index contributed by atoms with van der Waals surface area (Å²) in [5.74, 6) is 1.53. The van der Waals surface area contributed by atoms with Crippen LogP contribution in [0.2, 0.25) is 0 Å². The molecule has 4 nitrogen and oxygen atoms in total. The molecule has 0 spiro atoms. The van der Waals surface area contributed by atoms with Crippen molar-refractivity contribution in [2.75, 3.05) is 12.8 Å². The highest BCUT2D eigenvalue weighted by Gasteiger charge is 2.28. The maximum absolute atomic E-state index is 12.5. The quantitative estimate of drug-likeness (QED) is 0.946. The van der Waals surface area contributed by atoms with Crippen LogP contribution in [0.5, 0.6) is 11.5 Å². The first kappa shape index (κ1) is 14.8. The van der Waals surface area contributed by atoms with Gasteiger partial charge in [-0.25, -0.2) is 0 Å². The van der Waals surface area contributed by atoms with E-state index in [1.165, 1.54) is 0 Å². The van der Waals surface area contributed by atoms with Gasteiger partial charge in [-0.3, -0.25) is 4.79 Å². The van der Waals surface area contributed by atoms with Crippen molar-refractivity contribution in [2.45, 2.75) is 17.5 Å². The Morgan fingerprint density at radius 2 is 2.14 bits per heavy atom. The molecule has 0 saturated carbocycles. The van der Waals surface area contributed by atoms with Crippen molar-refractivity contribution < 1.29 is 14.6 Å². The molecule has 1 N–H and O–H groups in total. The summed E-state index contributed by atoms with van der Waals surface area (Å²) >= 11 is 1.64. The van der Waals surface area contributed by atoms with Gasteiger partial charge in [0.1, 0.15) is 11.5 Å². The number of phenolic OH excluding ortho intramolecular Hbond substituents is 1. The van der Waals surface area contributed by atoms with Gasteiger partial charge in [-0.05, 0) is 29.8 Å². The van der Waals surface area contributed by atoms with E-state index in [9.17, 15) is 9.90 Å². The summed E-state index contributed by atoms with van der Waals surface area (Å²) in [6.07, 6.45) is -0.470. The molecule has 114 valence electrons. The van der Waals surface area contributed by atoms with Crippen LogP contribution < -0.4 is 4.74 Å². The first-order valence-corrected chi connectivity index (χ1v) is 8.03. The fourth-order valence-electron chi connectivity index (χ4n) is 2.39. The number of rotatable bonds is 3. The minimum Gasteiger partial charge on any atom is -0.508 e. The first-order valence-electron chi connectivity index (χ1n) is 7.05. The van der Waals surface area contributed by atoms with Crippen molar-refractivity contribution in [1.82, 2.24) is 4.90 Å². The van der Waals surface area contributed by atoms with Crippen LogP contribution in [0.15, 0.2) is 53.4 Å². The van der Waals surface area contributed by atoms with Crippen LogP contribution in [0.3, 0.4) is 0 Å². The van der Waals surface area contributed by atoms with Crippen molar-refractivity contribution in [1.29, 1.82) is 0 Å². The molecule has 2 aromatic rings. The minimum atomic E-state index is -0.470. The number of amides is 1. The van der Waals surface area contributed by atoms with Crippen molar-refractivity contribution >= 4 is 17.7 Å². The number of hydrogen-bond donors (Lipinski definition) is 1. The fraction of sp³-hybridized carbons (Fsp3) is 0.235. The number of carbonyl (C=O) groups excluding carboxylic acids is 1. The van der Waals surface area contributed by atoms with E-state index in [0.717, 1.165) is 16.2 Å². The van der Waals surface area contributed by atoms with E-state index in [0.29, 0.717) is 12.3 Å². The summed E-state index contributed by atoms with van der Waals surface area (Å²) in [4.78, 5) is 15.2. The Kier molecular flexibility index (Phi) is 4.24. The molecule has 2 aromatic carbocycles. The molecule has 0 unspecified atom stereocenters. The number of carbonyl (C=O) groups is 1. The average molecular weight is 315 g/mol. The number of hydrogen-bond acceptors (Lipinski definition) is 4. The predicted molar refractivity (Wildman–Crippen MR) is 86.2 cm³/mol. The molecule has 1 amide bonds. The number of nitrogens with zero attached hydrogens (tertiary/aromatic N) is 1. The van der Waals surface area contributed by atoms with Gasteiger partial charge in [-0.1, -0.05) is 24.3 Å². The molecular weight excluding hydrogens is 298 g/mol. The van der Waals surface area contributed by atoms with Crippen LogP contribution in [-0.2, 0) is 11.3 Å². The van der Waals surface area contributed by atoms with Crippen molar-refractivity contribution in [3.63, 3.8) is 0 Å². The molecule has 5 heteroatoms. The molecule has 1 heterocycles. The normalized spacial score (nSPS) is 16.5. The van der Waals surface area contributed by atoms with Crippen LogP contribution in [0.1, 0.15) is 5.56 Å². The molecule has 1 aliphatic heterocycles. The summed E-state index contributed by atoms with van der Waals surface area (Å²) in [6.45, 7) is 0.444. The molecule has 0 saturated heterocycles. The molecule has 22 heavy (non-hydrogen) atoms. The van der Waals surface area contributed by atoms with Gasteiger partial charge in [0.25, 0.3) is 5.91 Å². The lowest BCUT2D eigenvalue weighted by molar-refractivity contribution is -0.137. The zero-order chi connectivity index (χ0) is 15.5. The van der Waals surface area contributed by atoms with Gasteiger partial charge in [-0.15, -0.1) is 11.8 Å². The van der Waals surface area contributed by atoms with Crippen LogP contribution in [0.4, 0.5) is 0 Å². The Hall–Kier alpha value is -2.14. The Labute approximate surface area is 133 Å². The SMILES string of the molecule is CN(Cc1cccc(O)c1)C(=O)[C@H]1CSc2ccccc2O1. The molecular formula is C17H17NO3S. The molecule has 1 aliphatic rings. The zero-order valence-electron chi connectivity index (χ0n) is 12.2. The number of likely N-dealkylation sites (N-methyl/N-ethyl adjacent to an activating group) is 1. The Morgan fingerprint density at radius 3 is 2.95 bits per heavy atom. The number of para-hydroxylation sites is 1. The third-order valence-electron chi connectivity index (χ3n) is 3.49. The van der Waals surface area contributed by atoms with Crippen molar-refractivity contribution in [3.05, 3.63) is 54.1 Å². The molecule has 0 bridgehead atoms. The van der Waals surface area contributed by atoms with Crippen molar-refractivity contribution in [2.24, 2.45) is 0 Å². The molecule has 0 fully saturated rings. The lowest BCUT2D eigenvalue weighted by Crippen LogP contribution is -2.42. The second-order valence-electron chi connectivity index (χ2n) is 5.23. The highest BCUT2D eigenvalue weighted by Crippen LogP contribution is 2.35. The van der Waals surface area contributed by atoms with Crippen LogP contribution in [0, 0.1) is 0 Å². The van der Waals surface area contributed by atoms with E-state index in [2.05, 4.69) is 0 Å². The number of benzene rings is 2. The molecule has 0 radical (unpaired) electrons. The maximum atomic E-state index is 12.5. The van der Waals surface area contributed by atoms with Crippen LogP contribution in [0.25, 0.3) is 0 Å². The monoisotopic (exact) mass is 315 g/mol. The lowest BCUT2D eigenvalue weighted by atomic mass is 10.2. The van der Waals surface area contributed by atoms with E-state index in [1.54, 1.807) is 41.9 Å². The molecule has 0 aromatic heterocycles. The summed E-state index contributed by atoms with van der Waals surface area (Å²) in [5.41, 5.74) is 0.889. The van der Waals surface area contributed by atoms with Crippen molar-refractivity contribution in [3.8, 4) is 11.5 Å². The van der Waals surface area contributed by atoms with E-state index < -0.39 is 6.10 Å². The van der Waals surface area contributed by atoms with E-state index in [1.807, 2.05) is 30.3 Å². The van der Waals surface area contributed by atoms with E-state index in [-0.39, 0.29) is 11.7 Å². The first-order chi connectivity index (χ1) is 10.6. The van der Waals surface area contributed by atoms with Gasteiger partial charge in [0, 0.05) is 24.2 Å². The third kappa shape index (κ3) is 3.20. The lowest BCUT2D eigenvalue weighted by Gasteiger charge is -2.28. The van der Waals surface area contributed by atoms with Gasteiger partial charge >= 0.3 is 0 Å². The topological polar surface area (TPSA) is 49.8 Å². The highest BCUT2D eigenvalue weighted by atomic mass is 32.2. The summed E-state index contributed by atoms with van der Waals surface area (Å²) in [7, 11) is 1.75. The third-order valence-corrected chi connectivity index (χ3v) is 4.61. The number of fused-ring (bicyclic) bond motifs is 1. The molecule has 3 rings (SSSR count). The van der Waals surface area contributed by atoms with Crippen LogP contribution in [-0.4, -0.2) is 34.8 Å². The molecule has 1 atom stereocenters. The summed E-state index contributed by atoms with van der Waals surface area (Å²) in [5, 5.41) is 9.49. The minimum absolute atomic E-state index is 0.0506. The van der Waals surface area contributed by atoms with Gasteiger partial charge in [0.15, 0.2) is 6.10 Å². The van der Waals surface area contributed by atoms with Gasteiger partial charge in [0.05, 0.1) is 0 Å². The smallest absolute Gasteiger partial charge is 0.264 e. The zero-order valence-corrected chi connectivity index (χ0v) is 13.0. The summed E-state index contributed by atoms with van der Waals surface area (Å²) < 4.78 is 5.81.